The summed E-state index contributed by atoms with van der Waals surface area (Å²) >= 11 is 5.66. The van der Waals surface area contributed by atoms with Crippen molar-refractivity contribution in [2.24, 2.45) is 0 Å². The summed E-state index contributed by atoms with van der Waals surface area (Å²) in [6, 6.07) is 9.62. The number of anilines is 1. The van der Waals surface area contributed by atoms with Crippen molar-refractivity contribution in [3.05, 3.63) is 75.7 Å². The lowest BCUT2D eigenvalue weighted by atomic mass is 10.2. The second-order valence-corrected chi connectivity index (χ2v) is 7.36. The number of H-pyrrole nitrogens is 1. The van der Waals surface area contributed by atoms with Crippen LogP contribution in [-0.4, -0.2) is 18.0 Å². The van der Waals surface area contributed by atoms with Crippen LogP contribution in [0, 0.1) is 12.7 Å². The maximum atomic E-state index is 14.0. The minimum Gasteiger partial charge on any atom is -0.312 e. The number of para-hydroxylation sites is 2. The first-order valence-electron chi connectivity index (χ1n) is 7.14. The lowest BCUT2D eigenvalue weighted by Gasteiger charge is -2.14. The molecule has 2 aromatic carbocycles. The number of rotatable bonds is 4. The van der Waals surface area contributed by atoms with E-state index in [9.17, 15) is 17.6 Å². The Hall–Kier alpha value is -2.58. The molecular weight excluding hydrogens is 369 g/mol. The van der Waals surface area contributed by atoms with E-state index in [0.717, 1.165) is 12.1 Å². The quantitative estimate of drug-likeness (QED) is 0.728. The van der Waals surface area contributed by atoms with E-state index in [2.05, 4.69) is 9.71 Å². The number of aryl methyl sites for hydroxylation is 1. The summed E-state index contributed by atoms with van der Waals surface area (Å²) in [4.78, 5) is 14.0. The fourth-order valence-corrected chi connectivity index (χ4v) is 3.70. The monoisotopic (exact) mass is 381 g/mol. The van der Waals surface area contributed by atoms with Crippen molar-refractivity contribution in [3.63, 3.8) is 0 Å². The number of imidazole rings is 1. The highest BCUT2D eigenvalue weighted by molar-refractivity contribution is 7.92. The molecule has 0 aliphatic rings. The highest BCUT2D eigenvalue weighted by Gasteiger charge is 2.21. The number of hydrogen-bond donors (Lipinski definition) is 2. The first-order chi connectivity index (χ1) is 11.8. The molecule has 0 fully saturated rings. The van der Waals surface area contributed by atoms with Crippen LogP contribution in [0.1, 0.15) is 5.69 Å². The summed E-state index contributed by atoms with van der Waals surface area (Å²) in [5, 5.41) is 0.0892. The maximum absolute atomic E-state index is 14.0. The molecule has 1 aromatic heterocycles. The zero-order valence-corrected chi connectivity index (χ0v) is 14.5. The number of nitrogens with zero attached hydrogens (tertiary/aromatic N) is 1. The second kappa shape index (κ2) is 6.38. The average molecular weight is 382 g/mol. The van der Waals surface area contributed by atoms with Crippen LogP contribution < -0.4 is 10.4 Å². The van der Waals surface area contributed by atoms with E-state index < -0.39 is 26.4 Å². The number of sulfonamides is 1. The molecule has 0 radical (unpaired) electrons. The molecule has 6 nitrogen and oxygen atoms in total. The Morgan fingerprint density at radius 3 is 2.56 bits per heavy atom. The van der Waals surface area contributed by atoms with E-state index >= 15 is 0 Å². The number of halogens is 2. The molecule has 0 amide bonds. The summed E-state index contributed by atoms with van der Waals surface area (Å²) in [5.74, 6) is -0.965. The number of benzene rings is 2. The fourth-order valence-electron chi connectivity index (χ4n) is 2.40. The molecule has 25 heavy (non-hydrogen) atoms. The molecular formula is C16H13ClFN3O3S. The van der Waals surface area contributed by atoms with Gasteiger partial charge in [-0.25, -0.2) is 17.6 Å². The van der Waals surface area contributed by atoms with Crippen LogP contribution in [0.25, 0.3) is 5.69 Å². The summed E-state index contributed by atoms with van der Waals surface area (Å²) in [7, 11) is -4.21. The minimum atomic E-state index is -4.21. The standard InChI is InChI=1S/C16H13ClFN3O3S/c1-10-9-19-16(22)21(10)14-5-3-2-4-13(14)20-25(23,24)15-7-6-11(17)8-12(15)18/h2-9,20H,1H3,(H,19,22). The Morgan fingerprint density at radius 2 is 1.92 bits per heavy atom. The van der Waals surface area contributed by atoms with Gasteiger partial charge in [-0.2, -0.15) is 0 Å². The average Bonchev–Trinajstić information content (AvgIpc) is 2.86. The third kappa shape index (κ3) is 3.31. The third-order valence-corrected chi connectivity index (χ3v) is 5.17. The molecule has 0 aliphatic heterocycles. The topological polar surface area (TPSA) is 84.0 Å². The number of nitrogens with one attached hydrogen (secondary N) is 2. The zero-order chi connectivity index (χ0) is 18.2. The van der Waals surface area contributed by atoms with E-state index in [1.807, 2.05) is 0 Å². The first-order valence-corrected chi connectivity index (χ1v) is 9.00. The van der Waals surface area contributed by atoms with E-state index in [-0.39, 0.29) is 10.7 Å². The van der Waals surface area contributed by atoms with E-state index in [4.69, 9.17) is 11.6 Å². The SMILES string of the molecule is Cc1c[nH]c(=O)n1-c1ccccc1NS(=O)(=O)c1ccc(Cl)cc1F. The van der Waals surface area contributed by atoms with Crippen molar-refractivity contribution in [2.45, 2.75) is 11.8 Å². The van der Waals surface area contributed by atoms with Crippen molar-refractivity contribution in [1.29, 1.82) is 0 Å². The van der Waals surface area contributed by atoms with E-state index in [0.29, 0.717) is 11.4 Å². The molecule has 0 saturated carbocycles. The van der Waals surface area contributed by atoms with Gasteiger partial charge in [-0.15, -0.1) is 0 Å². The Labute approximate surface area is 147 Å². The fraction of sp³-hybridized carbons (Fsp3) is 0.0625. The van der Waals surface area contributed by atoms with Crippen molar-refractivity contribution >= 4 is 27.3 Å². The molecule has 0 spiro atoms. The van der Waals surface area contributed by atoms with E-state index in [1.54, 1.807) is 25.1 Å². The van der Waals surface area contributed by atoms with Crippen LogP contribution in [0.4, 0.5) is 10.1 Å². The highest BCUT2D eigenvalue weighted by atomic mass is 35.5. The van der Waals surface area contributed by atoms with Crippen LogP contribution in [-0.2, 0) is 10.0 Å². The molecule has 3 aromatic rings. The Balaban J connectivity index is 2.09. The summed E-state index contributed by atoms with van der Waals surface area (Å²) in [6.07, 6.45) is 1.51. The molecule has 130 valence electrons. The Morgan fingerprint density at radius 1 is 1.20 bits per heavy atom. The number of aromatic amines is 1. The predicted molar refractivity (Wildman–Crippen MR) is 93.3 cm³/mol. The summed E-state index contributed by atoms with van der Waals surface area (Å²) in [5.41, 5.74) is 0.641. The molecule has 9 heteroatoms. The lowest BCUT2D eigenvalue weighted by molar-refractivity contribution is 0.570. The highest BCUT2D eigenvalue weighted by Crippen LogP contribution is 2.25. The summed E-state index contributed by atoms with van der Waals surface area (Å²) < 4.78 is 42.7. The molecule has 0 bridgehead atoms. The van der Waals surface area contributed by atoms with Gasteiger partial charge in [0.1, 0.15) is 10.7 Å². The van der Waals surface area contributed by atoms with Crippen LogP contribution in [0.5, 0.6) is 0 Å². The van der Waals surface area contributed by atoms with Crippen LogP contribution in [0.15, 0.2) is 58.4 Å². The van der Waals surface area contributed by atoms with Crippen LogP contribution in [0.2, 0.25) is 5.02 Å². The molecule has 0 unspecified atom stereocenters. The lowest BCUT2D eigenvalue weighted by Crippen LogP contribution is -2.20. The van der Waals surface area contributed by atoms with Crippen molar-refractivity contribution in [3.8, 4) is 5.69 Å². The molecule has 3 rings (SSSR count). The number of aromatic nitrogens is 2. The van der Waals surface area contributed by atoms with Gasteiger partial charge in [0.05, 0.1) is 11.4 Å². The largest absolute Gasteiger partial charge is 0.330 e. The normalized spacial score (nSPS) is 11.5. The first kappa shape index (κ1) is 17.2. The van der Waals surface area contributed by atoms with Gasteiger partial charge in [0.15, 0.2) is 0 Å². The predicted octanol–water partition coefficient (Wildman–Crippen LogP) is 3.07. The van der Waals surface area contributed by atoms with Gasteiger partial charge < -0.3 is 4.98 Å². The number of hydrogen-bond acceptors (Lipinski definition) is 3. The van der Waals surface area contributed by atoms with Gasteiger partial charge in [-0.1, -0.05) is 23.7 Å². The molecule has 1 heterocycles. The van der Waals surface area contributed by atoms with Crippen molar-refractivity contribution < 1.29 is 12.8 Å². The Bertz CT molecular complexity index is 1110. The van der Waals surface area contributed by atoms with Gasteiger partial charge in [-0.05, 0) is 37.3 Å². The molecule has 0 atom stereocenters. The maximum Gasteiger partial charge on any atom is 0.330 e. The van der Waals surface area contributed by atoms with Crippen molar-refractivity contribution in [1.82, 2.24) is 9.55 Å². The molecule has 0 aliphatic carbocycles. The minimum absolute atomic E-state index is 0.0892. The zero-order valence-electron chi connectivity index (χ0n) is 13.0. The smallest absolute Gasteiger partial charge is 0.312 e. The van der Waals surface area contributed by atoms with Gasteiger partial charge >= 0.3 is 5.69 Å². The van der Waals surface area contributed by atoms with Gasteiger partial charge in [-0.3, -0.25) is 9.29 Å². The van der Waals surface area contributed by atoms with Crippen molar-refractivity contribution in [2.75, 3.05) is 4.72 Å². The van der Waals surface area contributed by atoms with Gasteiger partial charge in [0, 0.05) is 16.9 Å². The van der Waals surface area contributed by atoms with Crippen LogP contribution in [0.3, 0.4) is 0 Å². The van der Waals surface area contributed by atoms with Gasteiger partial charge in [0.25, 0.3) is 10.0 Å². The Kier molecular flexibility index (Phi) is 4.40. The second-order valence-electron chi connectivity index (χ2n) is 5.27. The summed E-state index contributed by atoms with van der Waals surface area (Å²) in [6.45, 7) is 1.70. The molecule has 0 saturated heterocycles. The van der Waals surface area contributed by atoms with E-state index in [1.165, 1.54) is 22.9 Å². The molecule has 2 N–H and O–H groups in total. The van der Waals surface area contributed by atoms with Gasteiger partial charge in [0.2, 0.25) is 0 Å². The third-order valence-electron chi connectivity index (χ3n) is 3.53. The van der Waals surface area contributed by atoms with Crippen LogP contribution >= 0.6 is 11.6 Å².